The lowest BCUT2D eigenvalue weighted by atomic mass is 9.96. The summed E-state index contributed by atoms with van der Waals surface area (Å²) in [5.41, 5.74) is 0.431. The largest absolute Gasteiger partial charge is 0.344 e. The SMILES string of the molecule is CONS(=O)(=O)c1ccc(C(=O)NC(c2cccs2)C2CCCC2)cc1. The minimum absolute atomic E-state index is 0.00330. The molecule has 1 atom stereocenters. The topological polar surface area (TPSA) is 84.5 Å². The summed E-state index contributed by atoms with van der Waals surface area (Å²) in [5.74, 6) is 0.252. The second-order valence-corrected chi connectivity index (χ2v) is 8.95. The highest BCUT2D eigenvalue weighted by atomic mass is 32.2. The van der Waals surface area contributed by atoms with E-state index in [9.17, 15) is 13.2 Å². The summed E-state index contributed by atoms with van der Waals surface area (Å²) in [6.07, 6.45) is 4.62. The van der Waals surface area contributed by atoms with Crippen LogP contribution in [0.1, 0.15) is 47.0 Å². The molecule has 1 aliphatic carbocycles. The van der Waals surface area contributed by atoms with Gasteiger partial charge in [-0.15, -0.1) is 11.3 Å². The first kappa shape index (κ1) is 19.0. The van der Waals surface area contributed by atoms with Crippen LogP contribution >= 0.6 is 11.3 Å². The van der Waals surface area contributed by atoms with Crippen LogP contribution in [0.4, 0.5) is 0 Å². The van der Waals surface area contributed by atoms with E-state index in [-0.39, 0.29) is 16.8 Å². The Morgan fingerprint density at radius 2 is 1.88 bits per heavy atom. The van der Waals surface area contributed by atoms with Gasteiger partial charge in [0.2, 0.25) is 0 Å². The Labute approximate surface area is 157 Å². The first-order valence-corrected chi connectivity index (χ1v) is 10.9. The Bertz CT molecular complexity index is 827. The van der Waals surface area contributed by atoms with Crippen LogP contribution in [0.3, 0.4) is 0 Å². The zero-order valence-electron chi connectivity index (χ0n) is 14.5. The molecule has 140 valence electrons. The van der Waals surface area contributed by atoms with Crippen LogP contribution in [0.15, 0.2) is 46.7 Å². The quantitative estimate of drug-likeness (QED) is 0.706. The molecule has 3 rings (SSSR count). The maximum atomic E-state index is 12.7. The molecule has 0 spiro atoms. The van der Waals surface area contributed by atoms with Crippen molar-refractivity contribution in [1.29, 1.82) is 0 Å². The molecule has 1 saturated carbocycles. The normalized spacial score (nSPS) is 16.5. The molecule has 1 unspecified atom stereocenters. The van der Waals surface area contributed by atoms with E-state index in [4.69, 9.17) is 0 Å². The molecule has 1 aromatic carbocycles. The number of carbonyl (C=O) groups excluding carboxylic acids is 1. The molecule has 2 aromatic rings. The average molecular weight is 395 g/mol. The Morgan fingerprint density at radius 3 is 2.46 bits per heavy atom. The van der Waals surface area contributed by atoms with Crippen LogP contribution in [0, 0.1) is 5.92 Å². The van der Waals surface area contributed by atoms with Gasteiger partial charge < -0.3 is 5.32 Å². The van der Waals surface area contributed by atoms with E-state index in [1.165, 1.54) is 44.2 Å². The van der Waals surface area contributed by atoms with E-state index in [0.29, 0.717) is 11.5 Å². The molecular weight excluding hydrogens is 372 g/mol. The minimum atomic E-state index is -3.73. The highest BCUT2D eigenvalue weighted by Gasteiger charge is 2.28. The van der Waals surface area contributed by atoms with Crippen molar-refractivity contribution in [1.82, 2.24) is 10.2 Å². The zero-order chi connectivity index (χ0) is 18.6. The summed E-state index contributed by atoms with van der Waals surface area (Å²) >= 11 is 1.65. The van der Waals surface area contributed by atoms with Crippen molar-refractivity contribution < 1.29 is 18.0 Å². The average Bonchev–Trinajstić information content (AvgIpc) is 3.33. The molecule has 0 aliphatic heterocycles. The third kappa shape index (κ3) is 4.32. The fourth-order valence-electron chi connectivity index (χ4n) is 3.35. The number of carbonyl (C=O) groups is 1. The molecule has 0 bridgehead atoms. The number of hydrogen-bond donors (Lipinski definition) is 2. The monoisotopic (exact) mass is 394 g/mol. The van der Waals surface area contributed by atoms with E-state index < -0.39 is 10.0 Å². The lowest BCUT2D eigenvalue weighted by molar-refractivity contribution is 0.0922. The maximum Gasteiger partial charge on any atom is 0.262 e. The molecule has 2 N–H and O–H groups in total. The molecule has 0 saturated heterocycles. The summed E-state index contributed by atoms with van der Waals surface area (Å²) in [6.45, 7) is 0. The standard InChI is InChI=1S/C18H22N2O4S2/c1-24-20-26(22,23)15-10-8-14(9-11-15)18(21)19-17(13-5-2-3-6-13)16-7-4-12-25-16/h4,7-13,17,20H,2-3,5-6H2,1H3,(H,19,21). The van der Waals surface area contributed by atoms with Gasteiger partial charge in [-0.1, -0.05) is 23.8 Å². The van der Waals surface area contributed by atoms with Gasteiger partial charge in [0, 0.05) is 10.4 Å². The molecule has 1 aliphatic rings. The molecule has 1 amide bonds. The number of benzene rings is 1. The third-order valence-electron chi connectivity index (χ3n) is 4.63. The van der Waals surface area contributed by atoms with E-state index in [1.807, 2.05) is 16.3 Å². The second kappa shape index (κ2) is 8.30. The fourth-order valence-corrected chi connectivity index (χ4v) is 5.03. The van der Waals surface area contributed by atoms with Gasteiger partial charge in [-0.3, -0.25) is 9.63 Å². The van der Waals surface area contributed by atoms with E-state index in [0.717, 1.165) is 17.7 Å². The van der Waals surface area contributed by atoms with Gasteiger partial charge in [-0.2, -0.15) is 0 Å². The third-order valence-corrected chi connectivity index (χ3v) is 6.86. The molecular formula is C18H22N2O4S2. The number of rotatable bonds is 7. The van der Waals surface area contributed by atoms with Crippen LogP contribution in [0.5, 0.6) is 0 Å². The first-order valence-electron chi connectivity index (χ1n) is 8.50. The van der Waals surface area contributed by atoms with Crippen LogP contribution in [0.2, 0.25) is 0 Å². The molecule has 8 heteroatoms. The van der Waals surface area contributed by atoms with Gasteiger partial charge in [-0.05, 0) is 54.5 Å². The van der Waals surface area contributed by atoms with Crippen molar-refractivity contribution in [3.8, 4) is 0 Å². The summed E-state index contributed by atoms with van der Waals surface area (Å²) < 4.78 is 23.8. The van der Waals surface area contributed by atoms with Gasteiger partial charge in [0.1, 0.15) is 0 Å². The van der Waals surface area contributed by atoms with Crippen molar-refractivity contribution >= 4 is 27.3 Å². The first-order chi connectivity index (χ1) is 12.5. The number of sulfonamides is 1. The Morgan fingerprint density at radius 1 is 1.19 bits per heavy atom. The van der Waals surface area contributed by atoms with Gasteiger partial charge >= 0.3 is 0 Å². The number of hydrogen-bond acceptors (Lipinski definition) is 5. The van der Waals surface area contributed by atoms with E-state index in [1.54, 1.807) is 11.3 Å². The Balaban J connectivity index is 1.75. The lowest BCUT2D eigenvalue weighted by Crippen LogP contribution is -2.32. The van der Waals surface area contributed by atoms with Crippen LogP contribution in [0.25, 0.3) is 0 Å². The molecule has 26 heavy (non-hydrogen) atoms. The Hall–Kier alpha value is -1.74. The predicted molar refractivity (Wildman–Crippen MR) is 100 cm³/mol. The lowest BCUT2D eigenvalue weighted by Gasteiger charge is -2.24. The molecule has 1 heterocycles. The van der Waals surface area contributed by atoms with Crippen LogP contribution in [-0.2, 0) is 14.9 Å². The highest BCUT2D eigenvalue weighted by molar-refractivity contribution is 7.89. The highest BCUT2D eigenvalue weighted by Crippen LogP contribution is 2.37. The molecule has 1 fully saturated rings. The van der Waals surface area contributed by atoms with Crippen molar-refractivity contribution in [2.45, 2.75) is 36.6 Å². The predicted octanol–water partition coefficient (Wildman–Crippen LogP) is 3.25. The van der Waals surface area contributed by atoms with E-state index >= 15 is 0 Å². The van der Waals surface area contributed by atoms with Crippen molar-refractivity contribution in [3.63, 3.8) is 0 Å². The zero-order valence-corrected chi connectivity index (χ0v) is 16.1. The van der Waals surface area contributed by atoms with Crippen LogP contribution in [-0.4, -0.2) is 21.4 Å². The molecule has 6 nitrogen and oxygen atoms in total. The van der Waals surface area contributed by atoms with Gasteiger partial charge in [0.25, 0.3) is 15.9 Å². The summed E-state index contributed by atoms with van der Waals surface area (Å²) in [4.78, 5) is 20.3. The van der Waals surface area contributed by atoms with Gasteiger partial charge in [0.15, 0.2) is 0 Å². The molecule has 0 radical (unpaired) electrons. The van der Waals surface area contributed by atoms with Gasteiger partial charge in [0.05, 0.1) is 18.0 Å². The molecule has 1 aromatic heterocycles. The second-order valence-electron chi connectivity index (χ2n) is 6.33. The number of amides is 1. The van der Waals surface area contributed by atoms with Crippen molar-refractivity contribution in [2.24, 2.45) is 5.92 Å². The number of nitrogens with one attached hydrogen (secondary N) is 2. The summed E-state index contributed by atoms with van der Waals surface area (Å²) in [6, 6.07) is 9.87. The summed E-state index contributed by atoms with van der Waals surface area (Å²) in [5, 5.41) is 5.16. The van der Waals surface area contributed by atoms with Crippen molar-refractivity contribution in [2.75, 3.05) is 7.11 Å². The van der Waals surface area contributed by atoms with Crippen molar-refractivity contribution in [3.05, 3.63) is 52.2 Å². The smallest absolute Gasteiger partial charge is 0.262 e. The number of thiophene rings is 1. The van der Waals surface area contributed by atoms with Gasteiger partial charge in [-0.25, -0.2) is 8.42 Å². The Kier molecular flexibility index (Phi) is 6.08. The summed E-state index contributed by atoms with van der Waals surface area (Å²) in [7, 11) is -2.50. The van der Waals surface area contributed by atoms with Crippen LogP contribution < -0.4 is 10.2 Å². The minimum Gasteiger partial charge on any atom is -0.344 e. The maximum absolute atomic E-state index is 12.7. The van der Waals surface area contributed by atoms with E-state index in [2.05, 4.69) is 16.2 Å². The fraction of sp³-hybridized carbons (Fsp3) is 0.389.